The van der Waals surface area contributed by atoms with Crippen LogP contribution in [0.5, 0.6) is 0 Å². The van der Waals surface area contributed by atoms with Crippen molar-refractivity contribution in [2.45, 2.75) is 27.2 Å². The molecule has 0 amide bonds. The Bertz CT molecular complexity index is 585. The SMILES string of the molecule is Cc1nc(N)c(C)c(-[n+]2csc(CCO)c2C)n1.[I-]. The van der Waals surface area contributed by atoms with Gasteiger partial charge in [-0.3, -0.25) is 0 Å². The molecule has 0 saturated carbocycles. The third-order valence-electron chi connectivity index (χ3n) is 2.90. The predicted molar refractivity (Wildman–Crippen MR) is 70.9 cm³/mol. The Morgan fingerprint density at radius 2 is 2.00 bits per heavy atom. The van der Waals surface area contributed by atoms with Crippen LogP contribution in [-0.2, 0) is 6.42 Å². The summed E-state index contributed by atoms with van der Waals surface area (Å²) in [5.74, 6) is 1.99. The molecule has 104 valence electrons. The predicted octanol–water partition coefficient (Wildman–Crippen LogP) is -2.14. The monoisotopic (exact) mass is 392 g/mol. The van der Waals surface area contributed by atoms with Crippen LogP contribution < -0.4 is 34.3 Å². The number of halogens is 1. The number of hydrogen-bond donors (Lipinski definition) is 2. The molecular formula is C12H17IN4OS. The van der Waals surface area contributed by atoms with Crippen LogP contribution in [0, 0.1) is 20.8 Å². The highest BCUT2D eigenvalue weighted by Crippen LogP contribution is 2.17. The molecule has 2 heterocycles. The summed E-state index contributed by atoms with van der Waals surface area (Å²) in [5, 5.41) is 9.02. The highest BCUT2D eigenvalue weighted by molar-refractivity contribution is 7.09. The van der Waals surface area contributed by atoms with Gasteiger partial charge in [-0.15, -0.1) is 11.3 Å². The number of aryl methyl sites for hydroxylation is 1. The lowest BCUT2D eigenvalue weighted by atomic mass is 10.2. The molecule has 2 rings (SSSR count). The first-order valence-corrected chi connectivity index (χ1v) is 6.63. The second kappa shape index (κ2) is 6.58. The quantitative estimate of drug-likeness (QED) is 0.462. The van der Waals surface area contributed by atoms with Crippen LogP contribution in [0.1, 0.15) is 22.0 Å². The van der Waals surface area contributed by atoms with Gasteiger partial charge in [-0.2, -0.15) is 9.55 Å². The fourth-order valence-electron chi connectivity index (χ4n) is 1.83. The maximum absolute atomic E-state index is 9.02. The van der Waals surface area contributed by atoms with Gasteiger partial charge in [-0.25, -0.2) is 0 Å². The minimum Gasteiger partial charge on any atom is -1.00 e. The second-order valence-corrected chi connectivity index (χ2v) is 5.12. The van der Waals surface area contributed by atoms with E-state index in [1.807, 2.05) is 30.8 Å². The number of aliphatic hydroxyl groups excluding tert-OH is 1. The average Bonchev–Trinajstić information content (AvgIpc) is 2.67. The molecule has 0 spiro atoms. The van der Waals surface area contributed by atoms with Gasteiger partial charge in [0.1, 0.15) is 11.5 Å². The van der Waals surface area contributed by atoms with Gasteiger partial charge in [0, 0.05) is 20.0 Å². The smallest absolute Gasteiger partial charge is 0.337 e. The Morgan fingerprint density at radius 1 is 1.32 bits per heavy atom. The van der Waals surface area contributed by atoms with E-state index in [9.17, 15) is 0 Å². The number of hydrogen-bond acceptors (Lipinski definition) is 5. The largest absolute Gasteiger partial charge is 1.00 e. The highest BCUT2D eigenvalue weighted by atomic mass is 127. The molecule has 0 aliphatic rings. The van der Waals surface area contributed by atoms with E-state index in [2.05, 4.69) is 9.97 Å². The number of aromatic nitrogens is 3. The molecule has 0 fully saturated rings. The Balaban J connectivity index is 0.00000180. The lowest BCUT2D eigenvalue weighted by Gasteiger charge is -2.02. The molecule has 0 saturated heterocycles. The molecule has 0 bridgehead atoms. The summed E-state index contributed by atoms with van der Waals surface area (Å²) in [6, 6.07) is 0. The molecule has 0 radical (unpaired) electrons. The summed E-state index contributed by atoms with van der Waals surface area (Å²) in [7, 11) is 0. The minimum atomic E-state index is 0. The number of aliphatic hydroxyl groups is 1. The average molecular weight is 392 g/mol. The van der Waals surface area contributed by atoms with Gasteiger partial charge in [0.2, 0.25) is 5.82 Å². The zero-order chi connectivity index (χ0) is 13.3. The van der Waals surface area contributed by atoms with E-state index in [1.165, 1.54) is 0 Å². The molecular weight excluding hydrogens is 375 g/mol. The van der Waals surface area contributed by atoms with Gasteiger partial charge < -0.3 is 34.8 Å². The van der Waals surface area contributed by atoms with Gasteiger partial charge in [0.05, 0.1) is 10.4 Å². The van der Waals surface area contributed by atoms with Crippen molar-refractivity contribution in [2.75, 3.05) is 12.3 Å². The van der Waals surface area contributed by atoms with Gasteiger partial charge in [0.15, 0.2) is 5.51 Å². The van der Waals surface area contributed by atoms with Crippen LogP contribution in [0.3, 0.4) is 0 Å². The number of thiazole rings is 1. The van der Waals surface area contributed by atoms with Gasteiger partial charge in [-0.05, 0) is 18.8 Å². The number of rotatable bonds is 3. The molecule has 5 nitrogen and oxygen atoms in total. The molecule has 19 heavy (non-hydrogen) atoms. The van der Waals surface area contributed by atoms with Crippen molar-refractivity contribution in [1.29, 1.82) is 0 Å². The summed E-state index contributed by atoms with van der Waals surface area (Å²) in [4.78, 5) is 9.76. The molecule has 0 aromatic carbocycles. The van der Waals surface area contributed by atoms with Crippen LogP contribution in [0.15, 0.2) is 5.51 Å². The standard InChI is InChI=1S/C12H17N4OS.HI/c1-7-11(13)14-9(3)15-12(7)16-6-18-10(4-5-17)8(16)2;/h6,17H,4-5H2,1-3H3,(H2,13,14,15);1H/q+1;/p-1. The Morgan fingerprint density at radius 3 is 2.63 bits per heavy atom. The number of nitrogens with two attached hydrogens (primary N) is 1. The number of anilines is 1. The van der Waals surface area contributed by atoms with Crippen LogP contribution in [0.2, 0.25) is 0 Å². The third-order valence-corrected chi connectivity index (χ3v) is 4.00. The van der Waals surface area contributed by atoms with Crippen molar-refractivity contribution in [1.82, 2.24) is 9.97 Å². The van der Waals surface area contributed by atoms with Crippen molar-refractivity contribution >= 4 is 17.2 Å². The zero-order valence-corrected chi connectivity index (χ0v) is 14.1. The highest BCUT2D eigenvalue weighted by Gasteiger charge is 2.21. The molecule has 0 unspecified atom stereocenters. The first kappa shape index (κ1) is 16.3. The topological polar surface area (TPSA) is 75.9 Å². The first-order chi connectivity index (χ1) is 8.54. The van der Waals surface area contributed by atoms with Crippen molar-refractivity contribution < 1.29 is 33.7 Å². The molecule has 0 atom stereocenters. The fourth-order valence-corrected chi connectivity index (χ4v) is 2.80. The molecule has 0 aliphatic carbocycles. The lowest BCUT2D eigenvalue weighted by molar-refractivity contribution is -0.601. The molecule has 0 aliphatic heterocycles. The summed E-state index contributed by atoms with van der Waals surface area (Å²) in [6.45, 7) is 5.93. The number of nitrogen functional groups attached to an aromatic ring is 1. The van der Waals surface area contributed by atoms with E-state index in [0.29, 0.717) is 18.1 Å². The van der Waals surface area contributed by atoms with Crippen molar-refractivity contribution in [2.24, 2.45) is 0 Å². The maximum atomic E-state index is 9.02. The summed E-state index contributed by atoms with van der Waals surface area (Å²) >= 11 is 1.62. The van der Waals surface area contributed by atoms with Crippen LogP contribution >= 0.6 is 11.3 Å². The van der Waals surface area contributed by atoms with Gasteiger partial charge >= 0.3 is 5.82 Å². The van der Waals surface area contributed by atoms with Crippen molar-refractivity contribution in [3.05, 3.63) is 27.5 Å². The molecule has 2 aromatic heterocycles. The van der Waals surface area contributed by atoms with Crippen LogP contribution in [0.25, 0.3) is 5.82 Å². The van der Waals surface area contributed by atoms with E-state index in [0.717, 1.165) is 22.0 Å². The second-order valence-electron chi connectivity index (χ2n) is 4.18. The Hall–Kier alpha value is -0.800. The van der Waals surface area contributed by atoms with Gasteiger partial charge in [0.25, 0.3) is 0 Å². The van der Waals surface area contributed by atoms with E-state index in [-0.39, 0.29) is 30.6 Å². The van der Waals surface area contributed by atoms with Crippen molar-refractivity contribution in [3.8, 4) is 5.82 Å². The first-order valence-electron chi connectivity index (χ1n) is 5.75. The van der Waals surface area contributed by atoms with E-state index >= 15 is 0 Å². The van der Waals surface area contributed by atoms with E-state index < -0.39 is 0 Å². The van der Waals surface area contributed by atoms with E-state index in [4.69, 9.17) is 10.8 Å². The number of nitrogens with zero attached hydrogens (tertiary/aromatic N) is 3. The lowest BCUT2D eigenvalue weighted by Crippen LogP contribution is -3.00. The van der Waals surface area contributed by atoms with E-state index in [1.54, 1.807) is 11.3 Å². The Kier molecular flexibility index (Phi) is 5.63. The Labute approximate surface area is 133 Å². The molecule has 2 aromatic rings. The fraction of sp³-hybridized carbons (Fsp3) is 0.417. The summed E-state index contributed by atoms with van der Waals surface area (Å²) in [5.41, 5.74) is 9.84. The summed E-state index contributed by atoms with van der Waals surface area (Å²) < 4.78 is 2.01. The maximum Gasteiger partial charge on any atom is 0.337 e. The molecule has 7 heteroatoms. The minimum absolute atomic E-state index is 0. The third kappa shape index (κ3) is 3.21. The zero-order valence-electron chi connectivity index (χ0n) is 11.1. The van der Waals surface area contributed by atoms with Crippen LogP contribution in [0.4, 0.5) is 5.82 Å². The summed E-state index contributed by atoms with van der Waals surface area (Å²) in [6.07, 6.45) is 0.669. The van der Waals surface area contributed by atoms with Crippen molar-refractivity contribution in [3.63, 3.8) is 0 Å². The normalized spacial score (nSPS) is 10.3. The van der Waals surface area contributed by atoms with Crippen LogP contribution in [-0.4, -0.2) is 21.7 Å². The molecule has 3 N–H and O–H groups in total. The van der Waals surface area contributed by atoms with Gasteiger partial charge in [-0.1, -0.05) is 0 Å².